The van der Waals surface area contributed by atoms with Crippen LogP contribution in [0.1, 0.15) is 40.5 Å². The van der Waals surface area contributed by atoms with Crippen LogP contribution in [0.4, 0.5) is 0 Å². The molecule has 1 aromatic carbocycles. The van der Waals surface area contributed by atoms with Crippen molar-refractivity contribution >= 4 is 16.8 Å². The molecule has 21 heavy (non-hydrogen) atoms. The van der Waals surface area contributed by atoms with Crippen LogP contribution in [0.25, 0.3) is 10.9 Å². The maximum absolute atomic E-state index is 11.4. The molecule has 0 radical (unpaired) electrons. The van der Waals surface area contributed by atoms with Crippen LogP contribution >= 0.6 is 0 Å². The molecule has 1 amide bonds. The maximum Gasteiger partial charge on any atom is 0.248 e. The Kier molecular flexibility index (Phi) is 2.64. The number of carbonyl (C=O) groups excluding carboxylic acids is 1. The summed E-state index contributed by atoms with van der Waals surface area (Å²) in [5, 5.41) is 1.14. The van der Waals surface area contributed by atoms with Crippen molar-refractivity contribution in [2.24, 2.45) is 5.73 Å². The van der Waals surface area contributed by atoms with Crippen molar-refractivity contribution < 1.29 is 4.79 Å². The normalized spacial score (nSPS) is 17.8. The van der Waals surface area contributed by atoms with Crippen molar-refractivity contribution in [2.75, 3.05) is 0 Å². The van der Waals surface area contributed by atoms with E-state index in [2.05, 4.69) is 34.1 Å². The number of carbonyl (C=O) groups is 1. The molecule has 4 heteroatoms. The van der Waals surface area contributed by atoms with Gasteiger partial charge in [-0.05, 0) is 55.2 Å². The minimum absolute atomic E-state index is 0.355. The second kappa shape index (κ2) is 4.52. The molecule has 3 aromatic rings. The van der Waals surface area contributed by atoms with Gasteiger partial charge in [0.1, 0.15) is 0 Å². The van der Waals surface area contributed by atoms with E-state index in [0.717, 1.165) is 30.2 Å². The average molecular weight is 279 g/mol. The van der Waals surface area contributed by atoms with Crippen molar-refractivity contribution in [3.63, 3.8) is 0 Å². The number of aryl methyl sites for hydroxylation is 1. The van der Waals surface area contributed by atoms with E-state index >= 15 is 0 Å². The molecule has 4 rings (SSSR count). The van der Waals surface area contributed by atoms with Crippen LogP contribution in [0.3, 0.4) is 0 Å². The second-order valence-corrected chi connectivity index (χ2v) is 5.68. The monoisotopic (exact) mass is 279 g/mol. The highest BCUT2D eigenvalue weighted by Gasteiger charge is 2.25. The number of aromatic nitrogens is 2. The Labute approximate surface area is 122 Å². The lowest BCUT2D eigenvalue weighted by Crippen LogP contribution is -2.15. The minimum atomic E-state index is -0.371. The summed E-state index contributed by atoms with van der Waals surface area (Å²) in [7, 11) is 0. The molecule has 2 aromatic heterocycles. The summed E-state index contributed by atoms with van der Waals surface area (Å²) in [5.74, 6) is -0.371. The van der Waals surface area contributed by atoms with Crippen LogP contribution in [0.5, 0.6) is 0 Å². The highest BCUT2D eigenvalue weighted by atomic mass is 16.1. The number of hydrogen-bond donors (Lipinski definition) is 2. The zero-order valence-corrected chi connectivity index (χ0v) is 11.7. The summed E-state index contributed by atoms with van der Waals surface area (Å²) >= 11 is 0. The van der Waals surface area contributed by atoms with Gasteiger partial charge in [0.15, 0.2) is 0 Å². The average Bonchev–Trinajstić information content (AvgIpc) is 3.13. The van der Waals surface area contributed by atoms with Crippen molar-refractivity contribution in [3.8, 4) is 0 Å². The molecule has 0 aliphatic heterocycles. The molecule has 0 saturated carbocycles. The van der Waals surface area contributed by atoms with E-state index in [4.69, 9.17) is 5.73 Å². The van der Waals surface area contributed by atoms with Crippen molar-refractivity contribution in [2.45, 2.75) is 25.3 Å². The topological polar surface area (TPSA) is 63.8 Å². The number of amides is 1. The van der Waals surface area contributed by atoms with Crippen LogP contribution < -0.4 is 5.73 Å². The fourth-order valence-electron chi connectivity index (χ4n) is 3.45. The third-order valence-corrected chi connectivity index (χ3v) is 4.45. The number of benzene rings is 1. The molecule has 3 N–H and O–H groups in total. The number of nitrogens with two attached hydrogens (primary N) is 1. The first-order chi connectivity index (χ1) is 10.2. The molecule has 1 unspecified atom stereocenters. The Bertz CT molecular complexity index is 814. The Hall–Kier alpha value is -2.49. The Morgan fingerprint density at radius 1 is 1.29 bits per heavy atom. The van der Waals surface area contributed by atoms with Crippen LogP contribution in [-0.2, 0) is 6.42 Å². The van der Waals surface area contributed by atoms with E-state index in [9.17, 15) is 4.79 Å². The molecule has 0 saturated heterocycles. The SMILES string of the molecule is NC(=O)c1ccc2[nH]c3c(c2c1)CCCC3n1cccc1. The zero-order chi connectivity index (χ0) is 14.4. The van der Waals surface area contributed by atoms with Gasteiger partial charge in [-0.2, -0.15) is 0 Å². The first kappa shape index (κ1) is 12.3. The van der Waals surface area contributed by atoms with E-state index in [1.807, 2.05) is 12.1 Å². The minimum Gasteiger partial charge on any atom is -0.366 e. The number of nitrogens with one attached hydrogen (secondary N) is 1. The molecular formula is C17H17N3O. The molecule has 1 aliphatic rings. The summed E-state index contributed by atoms with van der Waals surface area (Å²) in [6.45, 7) is 0. The number of hydrogen-bond acceptors (Lipinski definition) is 1. The summed E-state index contributed by atoms with van der Waals surface area (Å²) in [4.78, 5) is 14.9. The van der Waals surface area contributed by atoms with Crippen molar-refractivity contribution in [1.29, 1.82) is 0 Å². The molecule has 2 heterocycles. The van der Waals surface area contributed by atoms with Gasteiger partial charge >= 0.3 is 0 Å². The zero-order valence-electron chi connectivity index (χ0n) is 11.7. The van der Waals surface area contributed by atoms with Gasteiger partial charge in [-0.15, -0.1) is 0 Å². The summed E-state index contributed by atoms with van der Waals surface area (Å²) in [6.07, 6.45) is 7.57. The third kappa shape index (κ3) is 1.87. The number of H-pyrrole nitrogens is 1. The van der Waals surface area contributed by atoms with Crippen molar-refractivity contribution in [1.82, 2.24) is 9.55 Å². The van der Waals surface area contributed by atoms with Crippen LogP contribution in [0.15, 0.2) is 42.7 Å². The van der Waals surface area contributed by atoms with Gasteiger partial charge in [-0.3, -0.25) is 4.79 Å². The van der Waals surface area contributed by atoms with Gasteiger partial charge in [-0.25, -0.2) is 0 Å². The Morgan fingerprint density at radius 3 is 2.86 bits per heavy atom. The summed E-state index contributed by atoms with van der Waals surface area (Å²) < 4.78 is 2.25. The van der Waals surface area contributed by atoms with Gasteiger partial charge in [0, 0.05) is 34.6 Å². The number of primary amides is 1. The van der Waals surface area contributed by atoms with E-state index in [1.165, 1.54) is 11.3 Å². The molecule has 0 spiro atoms. The number of nitrogens with zero attached hydrogens (tertiary/aromatic N) is 1. The number of rotatable bonds is 2. The molecule has 106 valence electrons. The molecule has 1 atom stereocenters. The summed E-state index contributed by atoms with van der Waals surface area (Å²) in [5.41, 5.74) is 9.67. The molecular weight excluding hydrogens is 262 g/mol. The standard InChI is InChI=1S/C17H17N3O/c18-17(21)11-6-7-14-13(10-11)12-4-3-5-15(16(12)19-14)20-8-1-2-9-20/h1-2,6-10,15,19H,3-5H2,(H2,18,21). The largest absolute Gasteiger partial charge is 0.366 e. The predicted octanol–water partition coefficient (Wildman–Crippen LogP) is 2.99. The second-order valence-electron chi connectivity index (χ2n) is 5.68. The van der Waals surface area contributed by atoms with Crippen LogP contribution in [-0.4, -0.2) is 15.5 Å². The predicted molar refractivity (Wildman–Crippen MR) is 82.3 cm³/mol. The molecule has 1 aliphatic carbocycles. The van der Waals surface area contributed by atoms with Gasteiger partial charge in [-0.1, -0.05) is 0 Å². The van der Waals surface area contributed by atoms with Gasteiger partial charge < -0.3 is 15.3 Å². The molecule has 0 bridgehead atoms. The Balaban J connectivity index is 1.90. The lowest BCUT2D eigenvalue weighted by Gasteiger charge is -2.24. The lowest BCUT2D eigenvalue weighted by molar-refractivity contribution is 0.100. The first-order valence-electron chi connectivity index (χ1n) is 7.31. The van der Waals surface area contributed by atoms with Gasteiger partial charge in [0.25, 0.3) is 0 Å². The van der Waals surface area contributed by atoms with Gasteiger partial charge in [0.05, 0.1) is 6.04 Å². The van der Waals surface area contributed by atoms with Crippen LogP contribution in [0.2, 0.25) is 0 Å². The highest BCUT2D eigenvalue weighted by Crippen LogP contribution is 2.37. The Morgan fingerprint density at radius 2 is 2.10 bits per heavy atom. The lowest BCUT2D eigenvalue weighted by atomic mass is 9.91. The van der Waals surface area contributed by atoms with Gasteiger partial charge in [0.2, 0.25) is 5.91 Å². The number of fused-ring (bicyclic) bond motifs is 3. The van der Waals surface area contributed by atoms with E-state index in [-0.39, 0.29) is 5.91 Å². The third-order valence-electron chi connectivity index (χ3n) is 4.45. The van der Waals surface area contributed by atoms with E-state index < -0.39 is 0 Å². The fraction of sp³-hybridized carbons (Fsp3) is 0.235. The molecule has 0 fully saturated rings. The smallest absolute Gasteiger partial charge is 0.248 e. The van der Waals surface area contributed by atoms with E-state index in [0.29, 0.717) is 11.6 Å². The van der Waals surface area contributed by atoms with E-state index in [1.54, 1.807) is 6.07 Å². The molecule has 4 nitrogen and oxygen atoms in total. The maximum atomic E-state index is 11.4. The number of aromatic amines is 1. The van der Waals surface area contributed by atoms with Crippen LogP contribution in [0, 0.1) is 0 Å². The first-order valence-corrected chi connectivity index (χ1v) is 7.31. The van der Waals surface area contributed by atoms with Crippen molar-refractivity contribution in [3.05, 3.63) is 59.5 Å². The summed E-state index contributed by atoms with van der Waals surface area (Å²) in [6, 6.07) is 10.1. The highest BCUT2D eigenvalue weighted by molar-refractivity contribution is 5.98. The quantitative estimate of drug-likeness (QED) is 0.744. The fourth-order valence-corrected chi connectivity index (χ4v) is 3.45.